The van der Waals surface area contributed by atoms with Crippen molar-refractivity contribution in [3.8, 4) is 0 Å². The number of benzene rings is 1. The maximum Gasteiger partial charge on any atom is 0.123 e. The van der Waals surface area contributed by atoms with Crippen LogP contribution in [-0.2, 0) is 0 Å². The topological polar surface area (TPSA) is 29.3 Å². The first kappa shape index (κ1) is 13.5. The molecule has 0 spiro atoms. The molecule has 1 aliphatic heterocycles. The molecule has 3 heteroatoms. The largest absolute Gasteiger partial charge is 0.326 e. The van der Waals surface area contributed by atoms with Gasteiger partial charge in [-0.15, -0.1) is 0 Å². The van der Waals surface area contributed by atoms with Crippen LogP contribution < -0.4 is 5.73 Å². The third kappa shape index (κ3) is 2.90. The predicted molar refractivity (Wildman–Crippen MR) is 72.8 cm³/mol. The number of hydrogen-bond donors (Lipinski definition) is 1. The van der Waals surface area contributed by atoms with Crippen LogP contribution in [0, 0.1) is 5.82 Å². The normalized spacial score (nSPS) is 26.3. The first-order valence-electron chi connectivity index (χ1n) is 6.86. The molecule has 1 heterocycles. The van der Waals surface area contributed by atoms with E-state index in [1.807, 2.05) is 6.07 Å². The zero-order chi connectivity index (χ0) is 13.1. The number of halogens is 1. The fourth-order valence-electron chi connectivity index (χ4n) is 2.93. The average molecular weight is 250 g/mol. The molecule has 100 valence electrons. The summed E-state index contributed by atoms with van der Waals surface area (Å²) in [6, 6.07) is 7.56. The van der Waals surface area contributed by atoms with E-state index >= 15 is 0 Å². The molecule has 0 aromatic heterocycles. The van der Waals surface area contributed by atoms with Crippen LogP contribution in [0.1, 0.15) is 44.7 Å². The second-order valence-electron chi connectivity index (χ2n) is 5.49. The molecule has 18 heavy (non-hydrogen) atoms. The van der Waals surface area contributed by atoms with Crippen LogP contribution in [0.5, 0.6) is 0 Å². The second kappa shape index (κ2) is 5.81. The number of hydrogen-bond acceptors (Lipinski definition) is 2. The van der Waals surface area contributed by atoms with Crippen molar-refractivity contribution in [2.75, 3.05) is 6.54 Å². The molecule has 2 N–H and O–H groups in total. The van der Waals surface area contributed by atoms with Crippen molar-refractivity contribution in [3.63, 3.8) is 0 Å². The monoisotopic (exact) mass is 250 g/mol. The van der Waals surface area contributed by atoms with Crippen LogP contribution in [-0.4, -0.2) is 23.5 Å². The van der Waals surface area contributed by atoms with E-state index in [-0.39, 0.29) is 17.9 Å². The number of nitrogens with zero attached hydrogens (tertiary/aromatic N) is 1. The molecule has 2 unspecified atom stereocenters. The number of likely N-dealkylation sites (tertiary alicyclic amines) is 1. The van der Waals surface area contributed by atoms with Gasteiger partial charge in [0.25, 0.3) is 0 Å². The molecule has 0 amide bonds. The maximum atomic E-state index is 13.4. The van der Waals surface area contributed by atoms with Gasteiger partial charge < -0.3 is 5.73 Å². The standard InChI is InChI=1S/C15H23FN2/c1-11(2)18-9-4-3-8-14(17)15(18)12-6-5-7-13(16)10-12/h5-7,10-11,14-15H,3-4,8-9,17H2,1-2H3. The Hall–Kier alpha value is -0.930. The van der Waals surface area contributed by atoms with Gasteiger partial charge in [-0.1, -0.05) is 18.6 Å². The summed E-state index contributed by atoms with van der Waals surface area (Å²) in [5.41, 5.74) is 7.34. The molecule has 0 saturated carbocycles. The molecule has 1 aromatic rings. The lowest BCUT2D eigenvalue weighted by molar-refractivity contribution is 0.144. The third-order valence-corrected chi connectivity index (χ3v) is 3.82. The molecule has 2 nitrogen and oxygen atoms in total. The Morgan fingerprint density at radius 2 is 2.11 bits per heavy atom. The van der Waals surface area contributed by atoms with Crippen LogP contribution in [0.15, 0.2) is 24.3 Å². The molecule has 1 aliphatic rings. The Morgan fingerprint density at radius 3 is 2.78 bits per heavy atom. The van der Waals surface area contributed by atoms with Gasteiger partial charge in [-0.05, 0) is 50.9 Å². The van der Waals surface area contributed by atoms with Crippen LogP contribution in [0.4, 0.5) is 4.39 Å². The Labute approximate surface area is 109 Å². The van der Waals surface area contributed by atoms with E-state index in [4.69, 9.17) is 5.73 Å². The minimum atomic E-state index is -0.173. The Morgan fingerprint density at radius 1 is 1.33 bits per heavy atom. The average Bonchev–Trinajstić information content (AvgIpc) is 2.51. The Bertz CT molecular complexity index is 392. The lowest BCUT2D eigenvalue weighted by Gasteiger charge is -2.36. The minimum Gasteiger partial charge on any atom is -0.326 e. The summed E-state index contributed by atoms with van der Waals surface area (Å²) >= 11 is 0. The smallest absolute Gasteiger partial charge is 0.123 e. The molecule has 1 saturated heterocycles. The van der Waals surface area contributed by atoms with Crippen LogP contribution in [0.3, 0.4) is 0 Å². The summed E-state index contributed by atoms with van der Waals surface area (Å²) in [6.07, 6.45) is 3.36. The number of rotatable bonds is 2. The van der Waals surface area contributed by atoms with Crippen LogP contribution in [0.25, 0.3) is 0 Å². The summed E-state index contributed by atoms with van der Waals surface area (Å²) in [6.45, 7) is 5.42. The highest BCUT2D eigenvalue weighted by Gasteiger charge is 2.30. The maximum absolute atomic E-state index is 13.4. The molecular formula is C15H23FN2. The fourth-order valence-corrected chi connectivity index (χ4v) is 2.93. The van der Waals surface area contributed by atoms with Crippen molar-refractivity contribution in [2.24, 2.45) is 5.73 Å². The highest BCUT2D eigenvalue weighted by atomic mass is 19.1. The molecule has 0 radical (unpaired) electrons. The number of nitrogens with two attached hydrogens (primary N) is 1. The van der Waals surface area contributed by atoms with Crippen molar-refractivity contribution in [3.05, 3.63) is 35.6 Å². The van der Waals surface area contributed by atoms with E-state index in [0.29, 0.717) is 6.04 Å². The van der Waals surface area contributed by atoms with Gasteiger partial charge in [0.1, 0.15) is 5.82 Å². The van der Waals surface area contributed by atoms with Crippen molar-refractivity contribution in [2.45, 2.75) is 51.2 Å². The van der Waals surface area contributed by atoms with Crippen LogP contribution >= 0.6 is 0 Å². The Kier molecular flexibility index (Phi) is 4.36. The summed E-state index contributed by atoms with van der Waals surface area (Å²) in [7, 11) is 0. The highest BCUT2D eigenvalue weighted by molar-refractivity contribution is 5.22. The molecule has 2 atom stereocenters. The van der Waals surface area contributed by atoms with Gasteiger partial charge in [-0.2, -0.15) is 0 Å². The molecule has 0 bridgehead atoms. The zero-order valence-electron chi connectivity index (χ0n) is 11.3. The molecular weight excluding hydrogens is 227 g/mol. The highest BCUT2D eigenvalue weighted by Crippen LogP contribution is 2.31. The SMILES string of the molecule is CC(C)N1CCCCC(N)C1c1cccc(F)c1. The molecule has 1 aromatic carbocycles. The van der Waals surface area contributed by atoms with E-state index in [1.54, 1.807) is 12.1 Å². The van der Waals surface area contributed by atoms with E-state index in [9.17, 15) is 4.39 Å². The zero-order valence-corrected chi connectivity index (χ0v) is 11.3. The van der Waals surface area contributed by atoms with Crippen molar-refractivity contribution in [1.29, 1.82) is 0 Å². The summed E-state index contributed by atoms with van der Waals surface area (Å²) in [5, 5.41) is 0. The fraction of sp³-hybridized carbons (Fsp3) is 0.600. The van der Waals surface area contributed by atoms with E-state index in [1.165, 1.54) is 12.5 Å². The van der Waals surface area contributed by atoms with Gasteiger partial charge in [0, 0.05) is 12.1 Å². The quantitative estimate of drug-likeness (QED) is 0.874. The molecule has 1 fully saturated rings. The lowest BCUT2D eigenvalue weighted by atomic mass is 9.95. The molecule has 2 rings (SSSR count). The van der Waals surface area contributed by atoms with Crippen molar-refractivity contribution in [1.82, 2.24) is 4.90 Å². The van der Waals surface area contributed by atoms with Crippen molar-refractivity contribution < 1.29 is 4.39 Å². The predicted octanol–water partition coefficient (Wildman–Crippen LogP) is 3.09. The van der Waals surface area contributed by atoms with E-state index in [2.05, 4.69) is 18.7 Å². The summed E-state index contributed by atoms with van der Waals surface area (Å²) in [4.78, 5) is 2.41. The summed E-state index contributed by atoms with van der Waals surface area (Å²) in [5.74, 6) is -0.173. The third-order valence-electron chi connectivity index (χ3n) is 3.82. The second-order valence-corrected chi connectivity index (χ2v) is 5.49. The van der Waals surface area contributed by atoms with Gasteiger partial charge in [-0.3, -0.25) is 4.90 Å². The van der Waals surface area contributed by atoms with Gasteiger partial charge in [0.05, 0.1) is 6.04 Å². The van der Waals surface area contributed by atoms with Crippen LogP contribution in [0.2, 0.25) is 0 Å². The van der Waals surface area contributed by atoms with E-state index < -0.39 is 0 Å². The van der Waals surface area contributed by atoms with Gasteiger partial charge >= 0.3 is 0 Å². The van der Waals surface area contributed by atoms with Crippen molar-refractivity contribution >= 4 is 0 Å². The van der Waals surface area contributed by atoms with Gasteiger partial charge in [0.2, 0.25) is 0 Å². The molecule has 0 aliphatic carbocycles. The summed E-state index contributed by atoms with van der Waals surface area (Å²) < 4.78 is 13.4. The lowest BCUT2D eigenvalue weighted by Crippen LogP contribution is -2.43. The van der Waals surface area contributed by atoms with E-state index in [0.717, 1.165) is 24.9 Å². The Balaban J connectivity index is 2.34. The first-order chi connectivity index (χ1) is 8.59. The first-order valence-corrected chi connectivity index (χ1v) is 6.86. The van der Waals surface area contributed by atoms with Gasteiger partial charge in [0.15, 0.2) is 0 Å². The van der Waals surface area contributed by atoms with Gasteiger partial charge in [-0.25, -0.2) is 4.39 Å². The minimum absolute atomic E-state index is 0.0942.